The summed E-state index contributed by atoms with van der Waals surface area (Å²) in [6.45, 7) is 4.01. The van der Waals surface area contributed by atoms with E-state index in [9.17, 15) is 4.79 Å². The number of hydrogen-bond donors (Lipinski definition) is 1. The Labute approximate surface area is 126 Å². The first-order chi connectivity index (χ1) is 10.1. The van der Waals surface area contributed by atoms with Crippen LogP contribution in [0.15, 0.2) is 24.3 Å². The van der Waals surface area contributed by atoms with E-state index in [0.29, 0.717) is 32.8 Å². The van der Waals surface area contributed by atoms with Crippen molar-refractivity contribution in [1.29, 1.82) is 0 Å². The highest BCUT2D eigenvalue weighted by Gasteiger charge is 2.12. The molecule has 0 aromatic heterocycles. The lowest BCUT2D eigenvalue weighted by Gasteiger charge is -2.12. The minimum atomic E-state index is -0.209. The molecule has 5 heteroatoms. The number of esters is 1. The van der Waals surface area contributed by atoms with Gasteiger partial charge >= 0.3 is 5.97 Å². The van der Waals surface area contributed by atoms with E-state index < -0.39 is 0 Å². The standard InChI is InChI=1S/C16H25NO4/c1-13(14-4-6-15(17)7-5-14)12-16(18)21-11-10-20-9-3-8-19-2/h4-7,13H,3,8-12,17H2,1-2H3. The molecule has 0 fully saturated rings. The molecule has 0 saturated heterocycles. The Balaban J connectivity index is 2.14. The van der Waals surface area contributed by atoms with Gasteiger partial charge in [-0.15, -0.1) is 0 Å². The van der Waals surface area contributed by atoms with E-state index in [2.05, 4.69) is 0 Å². The van der Waals surface area contributed by atoms with Gasteiger partial charge in [-0.3, -0.25) is 4.79 Å². The highest BCUT2D eigenvalue weighted by atomic mass is 16.6. The fourth-order valence-corrected chi connectivity index (χ4v) is 1.87. The molecule has 2 N–H and O–H groups in total. The summed E-state index contributed by atoms with van der Waals surface area (Å²) >= 11 is 0. The van der Waals surface area contributed by atoms with Crippen molar-refractivity contribution in [3.63, 3.8) is 0 Å². The second kappa shape index (κ2) is 10.2. The summed E-state index contributed by atoms with van der Waals surface area (Å²) in [5, 5.41) is 0. The van der Waals surface area contributed by atoms with Crippen molar-refractivity contribution in [3.05, 3.63) is 29.8 Å². The molecule has 1 rings (SSSR count). The summed E-state index contributed by atoms with van der Waals surface area (Å²) in [6.07, 6.45) is 1.20. The van der Waals surface area contributed by atoms with Gasteiger partial charge in [0.1, 0.15) is 6.61 Å². The van der Waals surface area contributed by atoms with Crippen LogP contribution in [-0.2, 0) is 19.0 Å². The third kappa shape index (κ3) is 7.68. The molecular weight excluding hydrogens is 270 g/mol. The van der Waals surface area contributed by atoms with E-state index in [1.165, 1.54) is 0 Å². The quantitative estimate of drug-likeness (QED) is 0.407. The fraction of sp³-hybridized carbons (Fsp3) is 0.562. The molecule has 0 spiro atoms. The predicted molar refractivity (Wildman–Crippen MR) is 82.2 cm³/mol. The van der Waals surface area contributed by atoms with Gasteiger partial charge in [-0.05, 0) is 30.0 Å². The maximum absolute atomic E-state index is 11.7. The Morgan fingerprint density at radius 1 is 1.14 bits per heavy atom. The predicted octanol–water partition coefficient (Wildman–Crippen LogP) is 2.36. The molecule has 0 saturated carbocycles. The highest BCUT2D eigenvalue weighted by Crippen LogP contribution is 2.20. The van der Waals surface area contributed by atoms with Crippen LogP contribution in [0, 0.1) is 0 Å². The first-order valence-corrected chi connectivity index (χ1v) is 7.21. The van der Waals surface area contributed by atoms with Crippen LogP contribution in [0.2, 0.25) is 0 Å². The smallest absolute Gasteiger partial charge is 0.306 e. The van der Waals surface area contributed by atoms with Crippen molar-refractivity contribution in [2.75, 3.05) is 39.3 Å². The molecule has 0 heterocycles. The van der Waals surface area contributed by atoms with Crippen molar-refractivity contribution in [2.24, 2.45) is 0 Å². The van der Waals surface area contributed by atoms with Crippen molar-refractivity contribution >= 4 is 11.7 Å². The number of hydrogen-bond acceptors (Lipinski definition) is 5. The van der Waals surface area contributed by atoms with Gasteiger partial charge in [-0.25, -0.2) is 0 Å². The van der Waals surface area contributed by atoms with Gasteiger partial charge in [-0.2, -0.15) is 0 Å². The lowest BCUT2D eigenvalue weighted by molar-refractivity contribution is -0.145. The van der Waals surface area contributed by atoms with E-state index in [1.54, 1.807) is 7.11 Å². The number of rotatable bonds is 10. The van der Waals surface area contributed by atoms with Crippen LogP contribution >= 0.6 is 0 Å². The molecule has 0 radical (unpaired) electrons. The molecule has 0 aliphatic rings. The Kier molecular flexibility index (Phi) is 8.47. The van der Waals surface area contributed by atoms with Gasteiger partial charge < -0.3 is 19.9 Å². The molecule has 21 heavy (non-hydrogen) atoms. The van der Waals surface area contributed by atoms with Gasteiger partial charge in [0.25, 0.3) is 0 Å². The molecule has 1 aromatic carbocycles. The van der Waals surface area contributed by atoms with Crippen LogP contribution in [-0.4, -0.2) is 39.5 Å². The normalized spacial score (nSPS) is 12.1. The first-order valence-electron chi connectivity index (χ1n) is 7.21. The van der Waals surface area contributed by atoms with Gasteiger partial charge in [0.05, 0.1) is 13.0 Å². The summed E-state index contributed by atoms with van der Waals surface area (Å²) in [5.74, 6) is -0.0967. The first kappa shape index (κ1) is 17.5. The van der Waals surface area contributed by atoms with Crippen molar-refractivity contribution in [2.45, 2.75) is 25.7 Å². The van der Waals surface area contributed by atoms with Crippen molar-refractivity contribution in [3.8, 4) is 0 Å². The molecule has 118 valence electrons. The highest BCUT2D eigenvalue weighted by molar-refractivity contribution is 5.70. The molecule has 1 atom stereocenters. The number of benzene rings is 1. The number of nitrogen functional groups attached to an aromatic ring is 1. The molecule has 1 unspecified atom stereocenters. The van der Waals surface area contributed by atoms with Crippen LogP contribution in [0.4, 0.5) is 5.69 Å². The summed E-state index contributed by atoms with van der Waals surface area (Å²) < 4.78 is 15.4. The van der Waals surface area contributed by atoms with Crippen molar-refractivity contribution in [1.82, 2.24) is 0 Å². The summed E-state index contributed by atoms with van der Waals surface area (Å²) in [4.78, 5) is 11.7. The number of carbonyl (C=O) groups excluding carboxylic acids is 1. The summed E-state index contributed by atoms with van der Waals surface area (Å²) in [7, 11) is 1.66. The Morgan fingerprint density at radius 3 is 2.52 bits per heavy atom. The molecule has 0 aliphatic heterocycles. The van der Waals surface area contributed by atoms with Gasteiger partial charge in [0.2, 0.25) is 0 Å². The maximum Gasteiger partial charge on any atom is 0.306 e. The molecule has 1 aromatic rings. The van der Waals surface area contributed by atoms with Crippen LogP contribution < -0.4 is 5.73 Å². The molecular formula is C16H25NO4. The summed E-state index contributed by atoms with van der Waals surface area (Å²) in [5.41, 5.74) is 7.44. The average molecular weight is 295 g/mol. The van der Waals surface area contributed by atoms with Gasteiger partial charge in [0.15, 0.2) is 0 Å². The van der Waals surface area contributed by atoms with Crippen LogP contribution in [0.1, 0.15) is 31.2 Å². The topological polar surface area (TPSA) is 70.8 Å². The number of carbonyl (C=O) groups is 1. The lowest BCUT2D eigenvalue weighted by Crippen LogP contribution is -2.13. The molecule has 0 aliphatic carbocycles. The second-order valence-corrected chi connectivity index (χ2v) is 4.95. The zero-order chi connectivity index (χ0) is 15.5. The fourth-order valence-electron chi connectivity index (χ4n) is 1.87. The van der Waals surface area contributed by atoms with E-state index in [1.807, 2.05) is 31.2 Å². The van der Waals surface area contributed by atoms with E-state index in [-0.39, 0.29) is 11.9 Å². The molecule has 0 amide bonds. The second-order valence-electron chi connectivity index (χ2n) is 4.95. The SMILES string of the molecule is COCCCOCCOC(=O)CC(C)c1ccc(N)cc1. The third-order valence-electron chi connectivity index (χ3n) is 3.11. The zero-order valence-electron chi connectivity index (χ0n) is 12.8. The molecule has 5 nitrogen and oxygen atoms in total. The minimum absolute atomic E-state index is 0.112. The number of methoxy groups -OCH3 is 1. The lowest BCUT2D eigenvalue weighted by atomic mass is 9.98. The molecule has 0 bridgehead atoms. The average Bonchev–Trinajstić information content (AvgIpc) is 2.47. The third-order valence-corrected chi connectivity index (χ3v) is 3.11. The Hall–Kier alpha value is -1.59. The van der Waals surface area contributed by atoms with E-state index >= 15 is 0 Å². The largest absolute Gasteiger partial charge is 0.463 e. The number of nitrogens with two attached hydrogens (primary N) is 1. The van der Waals surface area contributed by atoms with Crippen LogP contribution in [0.3, 0.4) is 0 Å². The Bertz CT molecular complexity index is 405. The monoisotopic (exact) mass is 295 g/mol. The van der Waals surface area contributed by atoms with E-state index in [0.717, 1.165) is 17.7 Å². The van der Waals surface area contributed by atoms with Gasteiger partial charge in [-0.1, -0.05) is 19.1 Å². The zero-order valence-corrected chi connectivity index (χ0v) is 12.8. The van der Waals surface area contributed by atoms with Crippen LogP contribution in [0.25, 0.3) is 0 Å². The maximum atomic E-state index is 11.7. The van der Waals surface area contributed by atoms with Gasteiger partial charge in [0, 0.05) is 26.0 Å². The number of anilines is 1. The van der Waals surface area contributed by atoms with Crippen molar-refractivity contribution < 1.29 is 19.0 Å². The minimum Gasteiger partial charge on any atom is -0.463 e. The van der Waals surface area contributed by atoms with E-state index in [4.69, 9.17) is 19.9 Å². The Morgan fingerprint density at radius 2 is 1.86 bits per heavy atom. The van der Waals surface area contributed by atoms with Crippen LogP contribution in [0.5, 0.6) is 0 Å². The summed E-state index contributed by atoms with van der Waals surface area (Å²) in [6, 6.07) is 7.55. The number of ether oxygens (including phenoxy) is 3.